The summed E-state index contributed by atoms with van der Waals surface area (Å²) in [4.78, 5) is 0. The highest BCUT2D eigenvalue weighted by Crippen LogP contribution is 2.24. The summed E-state index contributed by atoms with van der Waals surface area (Å²) in [5.74, 6) is -1.19. The van der Waals surface area contributed by atoms with Gasteiger partial charge in [0.05, 0.1) is 13.2 Å². The predicted molar refractivity (Wildman–Crippen MR) is 50.6 cm³/mol. The number of hydrogen-bond acceptors (Lipinski definition) is 5. The molecule has 5 nitrogen and oxygen atoms in total. The molecule has 0 aliphatic carbocycles. The fourth-order valence-electron chi connectivity index (χ4n) is 1.36. The molecule has 0 amide bonds. The van der Waals surface area contributed by atoms with Crippen LogP contribution < -0.4 is 0 Å². The third-order valence-electron chi connectivity index (χ3n) is 2.12. The average molecular weight is 224 g/mol. The van der Waals surface area contributed by atoms with Gasteiger partial charge in [-0.3, -0.25) is 0 Å². The van der Waals surface area contributed by atoms with Crippen LogP contribution in [0.1, 0.15) is 13.8 Å². The monoisotopic (exact) mass is 224 g/mol. The first-order chi connectivity index (χ1) is 6.41. The lowest BCUT2D eigenvalue weighted by Gasteiger charge is -2.22. The lowest BCUT2D eigenvalue weighted by Crippen LogP contribution is -2.36. The summed E-state index contributed by atoms with van der Waals surface area (Å²) in [5.41, 5.74) is 0. The van der Waals surface area contributed by atoms with Crippen molar-refractivity contribution in [3.8, 4) is 0 Å². The molecule has 0 spiro atoms. The van der Waals surface area contributed by atoms with E-state index in [1.807, 2.05) is 0 Å². The fourth-order valence-corrected chi connectivity index (χ4v) is 2.51. The minimum Gasteiger partial charge on any atom is -0.394 e. The number of sulfone groups is 1. The van der Waals surface area contributed by atoms with Crippen LogP contribution in [0.3, 0.4) is 0 Å². The molecule has 2 atom stereocenters. The zero-order chi connectivity index (χ0) is 10.8. The van der Waals surface area contributed by atoms with Crippen LogP contribution in [0.4, 0.5) is 0 Å². The minimum atomic E-state index is -3.12. The van der Waals surface area contributed by atoms with E-state index in [0.29, 0.717) is 0 Å². The summed E-state index contributed by atoms with van der Waals surface area (Å²) < 4.78 is 33.2. The second-order valence-electron chi connectivity index (χ2n) is 3.54. The summed E-state index contributed by atoms with van der Waals surface area (Å²) in [7, 11) is -3.12. The Morgan fingerprint density at radius 1 is 1.57 bits per heavy atom. The van der Waals surface area contributed by atoms with Crippen LogP contribution in [0.5, 0.6) is 0 Å². The summed E-state index contributed by atoms with van der Waals surface area (Å²) in [6.45, 7) is 3.25. The Morgan fingerprint density at radius 2 is 2.21 bits per heavy atom. The van der Waals surface area contributed by atoms with Crippen LogP contribution in [-0.4, -0.2) is 50.1 Å². The van der Waals surface area contributed by atoms with Crippen molar-refractivity contribution in [3.05, 3.63) is 0 Å². The lowest BCUT2D eigenvalue weighted by atomic mass is 10.4. The highest BCUT2D eigenvalue weighted by Gasteiger charge is 2.40. The molecular formula is C8H16O5S. The number of aliphatic hydroxyl groups excluding tert-OH is 1. The van der Waals surface area contributed by atoms with Gasteiger partial charge in [0.15, 0.2) is 15.6 Å². The number of hydrogen-bond donors (Lipinski definition) is 1. The van der Waals surface area contributed by atoms with Crippen molar-refractivity contribution in [1.29, 1.82) is 0 Å². The SMILES string of the molecule is CCS(=O)(=O)CC1(C)OCC(CO)O1. The second-order valence-corrected chi connectivity index (χ2v) is 5.90. The van der Waals surface area contributed by atoms with Crippen LogP contribution in [0.15, 0.2) is 0 Å². The maximum atomic E-state index is 11.3. The molecule has 0 saturated carbocycles. The van der Waals surface area contributed by atoms with Crippen molar-refractivity contribution in [3.63, 3.8) is 0 Å². The Bertz CT molecular complexity index is 286. The molecule has 0 aromatic rings. The molecule has 84 valence electrons. The minimum absolute atomic E-state index is 0.0686. The summed E-state index contributed by atoms with van der Waals surface area (Å²) in [6.07, 6.45) is -0.410. The first-order valence-corrected chi connectivity index (χ1v) is 6.36. The van der Waals surface area contributed by atoms with Gasteiger partial charge in [-0.15, -0.1) is 0 Å². The molecule has 14 heavy (non-hydrogen) atoms. The van der Waals surface area contributed by atoms with Gasteiger partial charge in [0.2, 0.25) is 0 Å². The number of ether oxygens (including phenoxy) is 2. The van der Waals surface area contributed by atoms with Crippen LogP contribution in [0.2, 0.25) is 0 Å². The maximum Gasteiger partial charge on any atom is 0.180 e. The predicted octanol–water partition coefficient (Wildman–Crippen LogP) is -0.455. The van der Waals surface area contributed by atoms with Crippen molar-refractivity contribution < 1.29 is 23.0 Å². The summed E-state index contributed by atoms with van der Waals surface area (Å²) >= 11 is 0. The Hall–Kier alpha value is -0.170. The zero-order valence-corrected chi connectivity index (χ0v) is 9.21. The zero-order valence-electron chi connectivity index (χ0n) is 8.39. The quantitative estimate of drug-likeness (QED) is 0.700. The van der Waals surface area contributed by atoms with E-state index in [-0.39, 0.29) is 24.7 Å². The first kappa shape index (κ1) is 11.9. The molecule has 1 aliphatic heterocycles. The molecule has 1 rings (SSSR count). The van der Waals surface area contributed by atoms with Gasteiger partial charge in [0, 0.05) is 5.75 Å². The van der Waals surface area contributed by atoms with Gasteiger partial charge >= 0.3 is 0 Å². The summed E-state index contributed by atoms with van der Waals surface area (Å²) in [6, 6.07) is 0. The molecule has 0 radical (unpaired) electrons. The molecule has 1 saturated heterocycles. The van der Waals surface area contributed by atoms with Gasteiger partial charge in [0.25, 0.3) is 0 Å². The van der Waals surface area contributed by atoms with E-state index in [2.05, 4.69) is 0 Å². The molecule has 0 aromatic carbocycles. The Morgan fingerprint density at radius 3 is 2.64 bits per heavy atom. The van der Waals surface area contributed by atoms with Crippen molar-refractivity contribution in [2.45, 2.75) is 25.7 Å². The molecule has 0 aromatic heterocycles. The van der Waals surface area contributed by atoms with Crippen molar-refractivity contribution in [2.24, 2.45) is 0 Å². The molecule has 0 bridgehead atoms. The third kappa shape index (κ3) is 2.91. The largest absolute Gasteiger partial charge is 0.394 e. The van der Waals surface area contributed by atoms with E-state index in [1.54, 1.807) is 13.8 Å². The highest BCUT2D eigenvalue weighted by atomic mass is 32.2. The lowest BCUT2D eigenvalue weighted by molar-refractivity contribution is -0.139. The topological polar surface area (TPSA) is 72.8 Å². The normalized spacial score (nSPS) is 33.5. The standard InChI is InChI=1S/C8H16O5S/c1-3-14(10,11)6-8(2)12-5-7(4-9)13-8/h7,9H,3-6H2,1-2H3. The van der Waals surface area contributed by atoms with Crippen molar-refractivity contribution >= 4 is 9.84 Å². The summed E-state index contributed by atoms with van der Waals surface area (Å²) in [5, 5.41) is 8.80. The smallest absolute Gasteiger partial charge is 0.180 e. The molecule has 2 unspecified atom stereocenters. The van der Waals surface area contributed by atoms with Crippen molar-refractivity contribution in [2.75, 3.05) is 24.7 Å². The van der Waals surface area contributed by atoms with Gasteiger partial charge in [-0.05, 0) is 6.92 Å². The van der Waals surface area contributed by atoms with E-state index in [0.717, 1.165) is 0 Å². The van der Waals surface area contributed by atoms with Crippen molar-refractivity contribution in [1.82, 2.24) is 0 Å². The Labute approximate surface area is 83.9 Å². The van der Waals surface area contributed by atoms with Gasteiger partial charge in [0.1, 0.15) is 11.9 Å². The van der Waals surface area contributed by atoms with E-state index in [4.69, 9.17) is 14.6 Å². The van der Waals surface area contributed by atoms with Gasteiger partial charge < -0.3 is 14.6 Å². The molecule has 1 aliphatic rings. The highest BCUT2D eigenvalue weighted by molar-refractivity contribution is 7.91. The van der Waals surface area contributed by atoms with Gasteiger partial charge in [-0.2, -0.15) is 0 Å². The van der Waals surface area contributed by atoms with E-state index >= 15 is 0 Å². The molecule has 1 heterocycles. The number of aliphatic hydroxyl groups is 1. The van der Waals surface area contributed by atoms with E-state index in [1.165, 1.54) is 0 Å². The molecule has 1 fully saturated rings. The average Bonchev–Trinajstić information content (AvgIpc) is 2.46. The molecule has 6 heteroatoms. The van der Waals surface area contributed by atoms with Crippen LogP contribution in [0.25, 0.3) is 0 Å². The maximum absolute atomic E-state index is 11.3. The molecular weight excluding hydrogens is 208 g/mol. The van der Waals surface area contributed by atoms with Gasteiger partial charge in [-0.25, -0.2) is 8.42 Å². The van der Waals surface area contributed by atoms with E-state index < -0.39 is 21.7 Å². The Kier molecular flexibility index (Phi) is 3.52. The van der Waals surface area contributed by atoms with E-state index in [9.17, 15) is 8.42 Å². The van der Waals surface area contributed by atoms with Gasteiger partial charge in [-0.1, -0.05) is 6.92 Å². The van der Waals surface area contributed by atoms with Crippen LogP contribution >= 0.6 is 0 Å². The van der Waals surface area contributed by atoms with Crippen LogP contribution in [0, 0.1) is 0 Å². The van der Waals surface area contributed by atoms with Crippen LogP contribution in [-0.2, 0) is 19.3 Å². The fraction of sp³-hybridized carbons (Fsp3) is 1.00. The third-order valence-corrected chi connectivity index (χ3v) is 3.96. The first-order valence-electron chi connectivity index (χ1n) is 4.54. The Balaban J connectivity index is 2.61. The number of rotatable bonds is 4. The second kappa shape index (κ2) is 4.14. The molecule has 1 N–H and O–H groups in total.